The second-order valence-electron chi connectivity index (χ2n) is 5.63. The first-order valence-corrected chi connectivity index (χ1v) is 7.57. The monoisotopic (exact) mass is 314 g/mol. The average Bonchev–Trinajstić information content (AvgIpc) is 3.16. The molecule has 0 spiro atoms. The first-order valence-electron chi connectivity index (χ1n) is 7.57. The lowest BCUT2D eigenvalue weighted by atomic mass is 10.2. The lowest BCUT2D eigenvalue weighted by molar-refractivity contribution is -0.148. The number of benzene rings is 1. The molecule has 0 bridgehead atoms. The molecule has 0 radical (unpaired) electrons. The molecule has 2 heterocycles. The molecule has 1 saturated heterocycles. The number of nitrogens with zero attached hydrogens (tertiary/aromatic N) is 4. The van der Waals surface area contributed by atoms with Crippen LogP contribution in [0.4, 0.5) is 0 Å². The van der Waals surface area contributed by atoms with Gasteiger partial charge in [0.25, 0.3) is 0 Å². The smallest absolute Gasteiger partial charge is 0.326 e. The van der Waals surface area contributed by atoms with Gasteiger partial charge in [-0.05, 0) is 31.9 Å². The van der Waals surface area contributed by atoms with E-state index in [4.69, 9.17) is 0 Å². The van der Waals surface area contributed by atoms with Crippen molar-refractivity contribution in [2.24, 2.45) is 0 Å². The van der Waals surface area contributed by atoms with Crippen molar-refractivity contribution in [2.45, 2.75) is 32.2 Å². The summed E-state index contributed by atoms with van der Waals surface area (Å²) in [5.41, 5.74) is 2.24. The predicted octanol–water partition coefficient (Wildman–Crippen LogP) is 1.19. The van der Waals surface area contributed by atoms with E-state index in [9.17, 15) is 14.7 Å². The maximum absolute atomic E-state index is 12.4. The van der Waals surface area contributed by atoms with Gasteiger partial charge in [-0.1, -0.05) is 23.4 Å². The zero-order valence-corrected chi connectivity index (χ0v) is 12.8. The number of para-hydroxylation sites is 1. The molecule has 1 aromatic heterocycles. The highest BCUT2D eigenvalue weighted by atomic mass is 16.4. The van der Waals surface area contributed by atoms with Crippen LogP contribution in [0, 0.1) is 6.92 Å². The standard InChI is InChI=1S/C16H18N4O3/c1-11-13(17-18-20(11)12-6-3-2-4-7-12)10-15(21)19-9-5-8-14(19)16(22)23/h2-4,6-7,14H,5,8-10H2,1H3,(H,22,23). The molecule has 1 fully saturated rings. The van der Waals surface area contributed by atoms with Crippen LogP contribution in [0.5, 0.6) is 0 Å². The van der Waals surface area contributed by atoms with Gasteiger partial charge in [-0.15, -0.1) is 5.10 Å². The highest BCUT2D eigenvalue weighted by Gasteiger charge is 2.34. The maximum Gasteiger partial charge on any atom is 0.326 e. The Balaban J connectivity index is 1.78. The van der Waals surface area contributed by atoms with Crippen molar-refractivity contribution < 1.29 is 14.7 Å². The summed E-state index contributed by atoms with van der Waals surface area (Å²) in [6.07, 6.45) is 1.30. The SMILES string of the molecule is Cc1c(CC(=O)N2CCCC2C(=O)O)nnn1-c1ccccc1. The molecule has 1 N–H and O–H groups in total. The third-order valence-corrected chi connectivity index (χ3v) is 4.17. The summed E-state index contributed by atoms with van der Waals surface area (Å²) in [6, 6.07) is 8.83. The molecular formula is C16H18N4O3. The number of carbonyl (C=O) groups is 2. The summed E-state index contributed by atoms with van der Waals surface area (Å²) < 4.78 is 1.68. The van der Waals surface area contributed by atoms with Gasteiger partial charge in [0.1, 0.15) is 6.04 Å². The number of carbonyl (C=O) groups excluding carboxylic acids is 1. The van der Waals surface area contributed by atoms with Gasteiger partial charge in [-0.3, -0.25) is 4.79 Å². The van der Waals surface area contributed by atoms with Gasteiger partial charge in [0, 0.05) is 6.54 Å². The molecule has 2 aromatic rings. The molecule has 0 aliphatic carbocycles. The van der Waals surface area contributed by atoms with Crippen LogP contribution in [0.1, 0.15) is 24.2 Å². The number of rotatable bonds is 4. The van der Waals surface area contributed by atoms with E-state index in [1.165, 1.54) is 4.90 Å². The van der Waals surface area contributed by atoms with E-state index in [1.54, 1.807) is 4.68 Å². The summed E-state index contributed by atoms with van der Waals surface area (Å²) >= 11 is 0. The fourth-order valence-electron chi connectivity index (χ4n) is 2.90. The molecule has 1 aliphatic heterocycles. The highest BCUT2D eigenvalue weighted by molar-refractivity contribution is 5.85. The minimum atomic E-state index is -0.944. The number of aliphatic carboxylic acids is 1. The van der Waals surface area contributed by atoms with Crippen molar-refractivity contribution in [3.63, 3.8) is 0 Å². The molecule has 1 unspecified atom stereocenters. The van der Waals surface area contributed by atoms with Crippen LogP contribution in [0.3, 0.4) is 0 Å². The Hall–Kier alpha value is -2.70. The van der Waals surface area contributed by atoms with Crippen molar-refractivity contribution in [1.29, 1.82) is 0 Å². The summed E-state index contributed by atoms with van der Waals surface area (Å²) in [4.78, 5) is 25.0. The van der Waals surface area contributed by atoms with Crippen molar-refractivity contribution in [3.05, 3.63) is 41.7 Å². The average molecular weight is 314 g/mol. The van der Waals surface area contributed by atoms with Crippen LogP contribution in [0.25, 0.3) is 5.69 Å². The molecular weight excluding hydrogens is 296 g/mol. The fourth-order valence-corrected chi connectivity index (χ4v) is 2.90. The van der Waals surface area contributed by atoms with Gasteiger partial charge in [-0.25, -0.2) is 9.48 Å². The van der Waals surface area contributed by atoms with Crippen LogP contribution in [0.2, 0.25) is 0 Å². The number of carboxylic acids is 1. The number of amides is 1. The largest absolute Gasteiger partial charge is 0.480 e. The van der Waals surface area contributed by atoms with Gasteiger partial charge in [-0.2, -0.15) is 0 Å². The van der Waals surface area contributed by atoms with E-state index in [2.05, 4.69) is 10.3 Å². The molecule has 0 saturated carbocycles. The summed E-state index contributed by atoms with van der Waals surface area (Å²) in [5, 5.41) is 17.4. The van der Waals surface area contributed by atoms with E-state index >= 15 is 0 Å². The normalized spacial score (nSPS) is 17.4. The topological polar surface area (TPSA) is 88.3 Å². The third kappa shape index (κ3) is 2.94. The van der Waals surface area contributed by atoms with Crippen molar-refractivity contribution >= 4 is 11.9 Å². The second-order valence-corrected chi connectivity index (χ2v) is 5.63. The maximum atomic E-state index is 12.4. The van der Waals surface area contributed by atoms with E-state index < -0.39 is 12.0 Å². The first kappa shape index (κ1) is 15.2. The fraction of sp³-hybridized carbons (Fsp3) is 0.375. The Labute approximate surface area is 133 Å². The van der Waals surface area contributed by atoms with Crippen LogP contribution >= 0.6 is 0 Å². The molecule has 1 amide bonds. The van der Waals surface area contributed by atoms with Crippen LogP contribution in [-0.2, 0) is 16.0 Å². The molecule has 1 aromatic carbocycles. The Kier molecular flexibility index (Phi) is 4.10. The van der Waals surface area contributed by atoms with Crippen molar-refractivity contribution in [2.75, 3.05) is 6.54 Å². The van der Waals surface area contributed by atoms with Crippen LogP contribution in [-0.4, -0.2) is 49.5 Å². The Bertz CT molecular complexity index is 726. The predicted molar refractivity (Wildman–Crippen MR) is 82.2 cm³/mol. The van der Waals surface area contributed by atoms with Gasteiger partial charge >= 0.3 is 5.97 Å². The number of likely N-dealkylation sites (tertiary alicyclic amines) is 1. The molecule has 7 heteroatoms. The summed E-state index contributed by atoms with van der Waals surface area (Å²) in [5.74, 6) is -1.15. The van der Waals surface area contributed by atoms with Crippen LogP contribution < -0.4 is 0 Å². The summed E-state index contributed by atoms with van der Waals surface area (Å²) in [7, 11) is 0. The van der Waals surface area contributed by atoms with Crippen molar-refractivity contribution in [3.8, 4) is 5.69 Å². The van der Waals surface area contributed by atoms with Crippen molar-refractivity contribution in [1.82, 2.24) is 19.9 Å². The molecule has 7 nitrogen and oxygen atoms in total. The first-order chi connectivity index (χ1) is 11.1. The zero-order valence-electron chi connectivity index (χ0n) is 12.8. The molecule has 1 aliphatic rings. The Morgan fingerprint density at radius 3 is 2.74 bits per heavy atom. The Morgan fingerprint density at radius 1 is 1.30 bits per heavy atom. The Morgan fingerprint density at radius 2 is 2.04 bits per heavy atom. The molecule has 1 atom stereocenters. The molecule has 3 rings (SSSR count). The highest BCUT2D eigenvalue weighted by Crippen LogP contribution is 2.19. The summed E-state index contributed by atoms with van der Waals surface area (Å²) in [6.45, 7) is 2.34. The minimum absolute atomic E-state index is 0.0719. The quantitative estimate of drug-likeness (QED) is 0.916. The van der Waals surface area contributed by atoms with E-state index in [1.807, 2.05) is 37.3 Å². The zero-order chi connectivity index (χ0) is 16.4. The number of hydrogen-bond donors (Lipinski definition) is 1. The third-order valence-electron chi connectivity index (χ3n) is 4.17. The van der Waals surface area contributed by atoms with E-state index in [0.29, 0.717) is 18.7 Å². The van der Waals surface area contributed by atoms with Gasteiger partial charge in [0.05, 0.1) is 23.5 Å². The molecule has 120 valence electrons. The van der Waals surface area contributed by atoms with E-state index in [-0.39, 0.29) is 12.3 Å². The lowest BCUT2D eigenvalue weighted by Gasteiger charge is -2.20. The van der Waals surface area contributed by atoms with Gasteiger partial charge < -0.3 is 10.0 Å². The number of aromatic nitrogens is 3. The van der Waals surface area contributed by atoms with Crippen LogP contribution in [0.15, 0.2) is 30.3 Å². The minimum Gasteiger partial charge on any atom is -0.480 e. The lowest BCUT2D eigenvalue weighted by Crippen LogP contribution is -2.41. The number of hydrogen-bond acceptors (Lipinski definition) is 4. The number of carboxylic acid groups (broad SMARTS) is 1. The van der Waals surface area contributed by atoms with Gasteiger partial charge in [0.15, 0.2) is 0 Å². The van der Waals surface area contributed by atoms with E-state index in [0.717, 1.165) is 17.8 Å². The second kappa shape index (κ2) is 6.20. The van der Waals surface area contributed by atoms with Gasteiger partial charge in [0.2, 0.25) is 5.91 Å². The molecule has 23 heavy (non-hydrogen) atoms.